The molecule has 126 valence electrons. The van der Waals surface area contributed by atoms with Gasteiger partial charge in [0.2, 0.25) is 15.9 Å². The van der Waals surface area contributed by atoms with E-state index in [1.807, 2.05) is 0 Å². The van der Waals surface area contributed by atoms with Crippen LogP contribution in [-0.4, -0.2) is 33.5 Å². The number of unbranched alkanes of at least 4 members (excludes halogenated alkanes) is 1. The summed E-state index contributed by atoms with van der Waals surface area (Å²) in [4.78, 5) is 11.8. The molecule has 0 aliphatic heterocycles. The van der Waals surface area contributed by atoms with E-state index in [4.69, 9.17) is 17.3 Å². The molecule has 1 rings (SSSR count). The van der Waals surface area contributed by atoms with E-state index < -0.39 is 16.1 Å². The number of carbonyl (C=O) groups is 1. The number of benzene rings is 1. The van der Waals surface area contributed by atoms with Gasteiger partial charge in [-0.15, -0.1) is 12.4 Å². The molecule has 1 unspecified atom stereocenters. The molecule has 0 aromatic heterocycles. The number of amides is 1. The SMILES string of the molecule is CC(NS(=O)(=O)c1ccc(Cl)cc1)C(=O)NCCCCN.Cl. The van der Waals surface area contributed by atoms with E-state index in [-0.39, 0.29) is 23.2 Å². The highest BCUT2D eigenvalue weighted by molar-refractivity contribution is 7.89. The van der Waals surface area contributed by atoms with Crippen LogP contribution in [0.15, 0.2) is 29.2 Å². The van der Waals surface area contributed by atoms with E-state index in [1.165, 1.54) is 31.2 Å². The Kier molecular flexibility index (Phi) is 9.63. The molecule has 0 spiro atoms. The zero-order valence-corrected chi connectivity index (χ0v) is 14.6. The van der Waals surface area contributed by atoms with Crippen LogP contribution in [0.25, 0.3) is 0 Å². The number of halogens is 2. The molecule has 0 saturated carbocycles. The minimum Gasteiger partial charge on any atom is -0.355 e. The van der Waals surface area contributed by atoms with Crippen LogP contribution in [0.5, 0.6) is 0 Å². The van der Waals surface area contributed by atoms with Crippen LogP contribution in [0.2, 0.25) is 5.02 Å². The lowest BCUT2D eigenvalue weighted by Crippen LogP contribution is -2.45. The summed E-state index contributed by atoms with van der Waals surface area (Å²) in [6.07, 6.45) is 1.57. The van der Waals surface area contributed by atoms with Gasteiger partial charge in [-0.05, 0) is 50.6 Å². The van der Waals surface area contributed by atoms with Gasteiger partial charge in [-0.3, -0.25) is 4.79 Å². The molecule has 1 amide bonds. The minimum atomic E-state index is -3.75. The molecule has 1 aromatic carbocycles. The number of sulfonamides is 1. The second-order valence-corrected chi connectivity index (χ2v) is 6.73. The quantitative estimate of drug-likeness (QED) is 0.600. The van der Waals surface area contributed by atoms with Crippen LogP contribution in [-0.2, 0) is 14.8 Å². The number of carbonyl (C=O) groups excluding carboxylic acids is 1. The zero-order valence-electron chi connectivity index (χ0n) is 12.2. The van der Waals surface area contributed by atoms with Crippen molar-refractivity contribution in [3.05, 3.63) is 29.3 Å². The summed E-state index contributed by atoms with van der Waals surface area (Å²) < 4.78 is 26.5. The number of nitrogens with one attached hydrogen (secondary N) is 2. The summed E-state index contributed by atoms with van der Waals surface area (Å²) >= 11 is 5.71. The van der Waals surface area contributed by atoms with Gasteiger partial charge in [-0.1, -0.05) is 11.6 Å². The molecule has 0 saturated heterocycles. The van der Waals surface area contributed by atoms with Crippen LogP contribution < -0.4 is 15.8 Å². The first-order chi connectivity index (χ1) is 9.86. The van der Waals surface area contributed by atoms with Crippen molar-refractivity contribution < 1.29 is 13.2 Å². The molecule has 22 heavy (non-hydrogen) atoms. The molecule has 6 nitrogen and oxygen atoms in total. The topological polar surface area (TPSA) is 101 Å². The Bertz CT molecular complexity index is 564. The van der Waals surface area contributed by atoms with Gasteiger partial charge < -0.3 is 11.1 Å². The highest BCUT2D eigenvalue weighted by atomic mass is 35.5. The van der Waals surface area contributed by atoms with E-state index in [0.29, 0.717) is 18.1 Å². The van der Waals surface area contributed by atoms with E-state index in [9.17, 15) is 13.2 Å². The zero-order chi connectivity index (χ0) is 15.9. The van der Waals surface area contributed by atoms with Gasteiger partial charge in [0, 0.05) is 11.6 Å². The van der Waals surface area contributed by atoms with Crippen molar-refractivity contribution in [3.8, 4) is 0 Å². The number of hydrogen-bond donors (Lipinski definition) is 3. The van der Waals surface area contributed by atoms with Crippen molar-refractivity contribution in [2.75, 3.05) is 13.1 Å². The van der Waals surface area contributed by atoms with Crippen LogP contribution >= 0.6 is 24.0 Å². The summed E-state index contributed by atoms with van der Waals surface area (Å²) in [6.45, 7) is 2.53. The van der Waals surface area contributed by atoms with Gasteiger partial charge in [-0.2, -0.15) is 4.72 Å². The minimum absolute atomic E-state index is 0. The number of nitrogens with two attached hydrogens (primary N) is 1. The maximum absolute atomic E-state index is 12.1. The Labute approximate surface area is 142 Å². The van der Waals surface area contributed by atoms with E-state index >= 15 is 0 Å². The summed E-state index contributed by atoms with van der Waals surface area (Å²) in [6, 6.07) is 4.87. The third kappa shape index (κ3) is 6.93. The van der Waals surface area contributed by atoms with Crippen molar-refractivity contribution >= 4 is 39.9 Å². The highest BCUT2D eigenvalue weighted by Gasteiger charge is 2.21. The van der Waals surface area contributed by atoms with Gasteiger partial charge in [0.05, 0.1) is 10.9 Å². The van der Waals surface area contributed by atoms with Gasteiger partial charge in [0.15, 0.2) is 0 Å². The molecule has 1 aromatic rings. The Morgan fingerprint density at radius 1 is 1.27 bits per heavy atom. The van der Waals surface area contributed by atoms with Crippen molar-refractivity contribution in [1.82, 2.24) is 10.0 Å². The van der Waals surface area contributed by atoms with Gasteiger partial charge in [0.25, 0.3) is 0 Å². The molecule has 0 fully saturated rings. The summed E-state index contributed by atoms with van der Waals surface area (Å²) in [5.41, 5.74) is 5.35. The maximum Gasteiger partial charge on any atom is 0.241 e. The third-order valence-corrected chi connectivity index (χ3v) is 4.59. The molecule has 1 atom stereocenters. The molecule has 0 heterocycles. The van der Waals surface area contributed by atoms with Gasteiger partial charge >= 0.3 is 0 Å². The lowest BCUT2D eigenvalue weighted by Gasteiger charge is -2.14. The fourth-order valence-electron chi connectivity index (χ4n) is 1.60. The largest absolute Gasteiger partial charge is 0.355 e. The van der Waals surface area contributed by atoms with Crippen molar-refractivity contribution in [3.63, 3.8) is 0 Å². The first-order valence-electron chi connectivity index (χ1n) is 6.62. The van der Waals surface area contributed by atoms with Crippen LogP contribution in [0.3, 0.4) is 0 Å². The molecule has 9 heteroatoms. The van der Waals surface area contributed by atoms with E-state index in [0.717, 1.165) is 12.8 Å². The molecule has 0 bridgehead atoms. The van der Waals surface area contributed by atoms with Gasteiger partial charge in [-0.25, -0.2) is 8.42 Å². The average molecular weight is 370 g/mol. The average Bonchev–Trinajstić information content (AvgIpc) is 2.43. The van der Waals surface area contributed by atoms with Crippen molar-refractivity contribution in [2.24, 2.45) is 5.73 Å². The van der Waals surface area contributed by atoms with E-state index in [2.05, 4.69) is 10.0 Å². The summed E-state index contributed by atoms with van der Waals surface area (Å²) in [5.74, 6) is -0.371. The van der Waals surface area contributed by atoms with Gasteiger partial charge in [0.1, 0.15) is 0 Å². The van der Waals surface area contributed by atoms with Crippen molar-refractivity contribution in [2.45, 2.75) is 30.7 Å². The third-order valence-electron chi connectivity index (χ3n) is 2.78. The summed E-state index contributed by atoms with van der Waals surface area (Å²) in [7, 11) is -3.75. The second-order valence-electron chi connectivity index (χ2n) is 4.58. The smallest absolute Gasteiger partial charge is 0.241 e. The first kappa shape index (κ1) is 21.1. The molecule has 0 aliphatic carbocycles. The number of hydrogen-bond acceptors (Lipinski definition) is 4. The molecular weight excluding hydrogens is 349 g/mol. The maximum atomic E-state index is 12.1. The standard InChI is InChI=1S/C13H20ClN3O3S.ClH/c1-10(13(18)16-9-3-2-8-15)17-21(19,20)12-6-4-11(14)5-7-12;/h4-7,10,17H,2-3,8-9,15H2,1H3,(H,16,18);1H. The normalized spacial score (nSPS) is 12.3. The number of rotatable bonds is 8. The summed E-state index contributed by atoms with van der Waals surface area (Å²) in [5, 5.41) is 3.10. The Morgan fingerprint density at radius 2 is 1.86 bits per heavy atom. The monoisotopic (exact) mass is 369 g/mol. The lowest BCUT2D eigenvalue weighted by atomic mass is 10.3. The Morgan fingerprint density at radius 3 is 2.41 bits per heavy atom. The van der Waals surface area contributed by atoms with Crippen LogP contribution in [0.1, 0.15) is 19.8 Å². The molecular formula is C13H21Cl2N3O3S. The fourth-order valence-corrected chi connectivity index (χ4v) is 2.93. The fraction of sp³-hybridized carbons (Fsp3) is 0.462. The van der Waals surface area contributed by atoms with Crippen molar-refractivity contribution in [1.29, 1.82) is 0 Å². The lowest BCUT2D eigenvalue weighted by molar-refractivity contribution is -0.122. The predicted molar refractivity (Wildman–Crippen MR) is 89.8 cm³/mol. The predicted octanol–water partition coefficient (Wildman–Crippen LogP) is 1.28. The molecule has 0 radical (unpaired) electrons. The molecule has 4 N–H and O–H groups in total. The molecule has 0 aliphatic rings. The second kappa shape index (κ2) is 10.0. The van der Waals surface area contributed by atoms with Crippen LogP contribution in [0.4, 0.5) is 0 Å². The Balaban J connectivity index is 0.00000441. The highest BCUT2D eigenvalue weighted by Crippen LogP contribution is 2.14. The van der Waals surface area contributed by atoms with Crippen LogP contribution in [0, 0.1) is 0 Å². The Hall–Kier alpha value is -0.860. The first-order valence-corrected chi connectivity index (χ1v) is 8.48. The van der Waals surface area contributed by atoms with E-state index in [1.54, 1.807) is 0 Å².